The van der Waals surface area contributed by atoms with Gasteiger partial charge in [0.1, 0.15) is 11.3 Å². The zero-order valence-electron chi connectivity index (χ0n) is 13.2. The second-order valence-corrected chi connectivity index (χ2v) is 6.26. The maximum Gasteiger partial charge on any atom is 0.332 e. The van der Waals surface area contributed by atoms with Crippen molar-refractivity contribution in [3.63, 3.8) is 0 Å². The molecule has 3 rings (SSSR count). The SMILES string of the molecule is Cn1c(=O)c2ccc(C(=O)Nc3cc(Cl)cc(Cl)c3)nc2n(C)c1=O. The van der Waals surface area contributed by atoms with Gasteiger partial charge in [-0.05, 0) is 30.3 Å². The van der Waals surface area contributed by atoms with Gasteiger partial charge in [-0.2, -0.15) is 0 Å². The van der Waals surface area contributed by atoms with Crippen LogP contribution in [0, 0.1) is 0 Å². The van der Waals surface area contributed by atoms with E-state index < -0.39 is 17.2 Å². The van der Waals surface area contributed by atoms with Gasteiger partial charge >= 0.3 is 5.69 Å². The van der Waals surface area contributed by atoms with Crippen LogP contribution in [0.25, 0.3) is 11.0 Å². The normalized spacial score (nSPS) is 10.9. The van der Waals surface area contributed by atoms with Crippen molar-refractivity contribution in [3.8, 4) is 0 Å². The lowest BCUT2D eigenvalue weighted by Gasteiger charge is -2.09. The predicted molar refractivity (Wildman–Crippen MR) is 96.6 cm³/mol. The first-order chi connectivity index (χ1) is 11.8. The van der Waals surface area contributed by atoms with Crippen molar-refractivity contribution in [2.24, 2.45) is 14.1 Å². The third kappa shape index (κ3) is 3.16. The first-order valence-electron chi connectivity index (χ1n) is 7.12. The Morgan fingerprint density at radius 3 is 2.32 bits per heavy atom. The summed E-state index contributed by atoms with van der Waals surface area (Å²) >= 11 is 11.8. The van der Waals surface area contributed by atoms with Gasteiger partial charge in [-0.25, -0.2) is 9.78 Å². The molecule has 2 aromatic heterocycles. The van der Waals surface area contributed by atoms with Crippen molar-refractivity contribution in [1.82, 2.24) is 14.1 Å². The van der Waals surface area contributed by atoms with E-state index in [1.807, 2.05) is 0 Å². The molecule has 0 saturated heterocycles. The zero-order chi connectivity index (χ0) is 18.3. The van der Waals surface area contributed by atoms with Gasteiger partial charge in [-0.15, -0.1) is 0 Å². The van der Waals surface area contributed by atoms with Crippen LogP contribution in [0.1, 0.15) is 10.5 Å². The molecule has 0 radical (unpaired) electrons. The average molecular weight is 379 g/mol. The van der Waals surface area contributed by atoms with Gasteiger partial charge in [0.2, 0.25) is 0 Å². The summed E-state index contributed by atoms with van der Waals surface area (Å²) in [5.74, 6) is -0.520. The Balaban J connectivity index is 2.06. The fourth-order valence-electron chi connectivity index (χ4n) is 2.40. The van der Waals surface area contributed by atoms with E-state index in [4.69, 9.17) is 23.2 Å². The van der Waals surface area contributed by atoms with Crippen LogP contribution in [0.2, 0.25) is 10.0 Å². The molecule has 0 saturated carbocycles. The molecule has 1 aromatic carbocycles. The average Bonchev–Trinajstić information content (AvgIpc) is 2.56. The van der Waals surface area contributed by atoms with Crippen molar-refractivity contribution in [1.29, 1.82) is 0 Å². The van der Waals surface area contributed by atoms with E-state index in [9.17, 15) is 14.4 Å². The maximum atomic E-state index is 12.4. The zero-order valence-corrected chi connectivity index (χ0v) is 14.7. The van der Waals surface area contributed by atoms with Gasteiger partial charge in [-0.3, -0.25) is 18.7 Å². The smallest absolute Gasteiger partial charge is 0.321 e. The summed E-state index contributed by atoms with van der Waals surface area (Å²) < 4.78 is 2.20. The van der Waals surface area contributed by atoms with Crippen molar-refractivity contribution in [2.75, 3.05) is 5.32 Å². The number of hydrogen-bond donors (Lipinski definition) is 1. The molecule has 0 spiro atoms. The highest BCUT2D eigenvalue weighted by Gasteiger charge is 2.14. The van der Waals surface area contributed by atoms with Crippen LogP contribution in [0.5, 0.6) is 0 Å². The van der Waals surface area contributed by atoms with Crippen LogP contribution < -0.4 is 16.6 Å². The van der Waals surface area contributed by atoms with Gasteiger partial charge in [0.25, 0.3) is 11.5 Å². The van der Waals surface area contributed by atoms with Crippen molar-refractivity contribution < 1.29 is 4.79 Å². The van der Waals surface area contributed by atoms with Crippen LogP contribution in [0.15, 0.2) is 39.9 Å². The number of rotatable bonds is 2. The number of anilines is 1. The summed E-state index contributed by atoms with van der Waals surface area (Å²) in [7, 11) is 2.86. The molecule has 0 bridgehead atoms. The van der Waals surface area contributed by atoms with Crippen LogP contribution >= 0.6 is 23.2 Å². The van der Waals surface area contributed by atoms with E-state index in [1.54, 1.807) is 6.07 Å². The first-order valence-corrected chi connectivity index (χ1v) is 7.88. The molecule has 0 aliphatic carbocycles. The third-order valence-corrected chi connectivity index (χ3v) is 4.09. The molecule has 9 heteroatoms. The van der Waals surface area contributed by atoms with Crippen molar-refractivity contribution in [2.45, 2.75) is 0 Å². The number of halogens is 2. The fraction of sp³-hybridized carbons (Fsp3) is 0.125. The Labute approximate surface area is 151 Å². The van der Waals surface area contributed by atoms with Crippen LogP contribution in [-0.4, -0.2) is 20.0 Å². The molecular formula is C16H12Cl2N4O3. The minimum Gasteiger partial charge on any atom is -0.321 e. The highest BCUT2D eigenvalue weighted by Crippen LogP contribution is 2.22. The third-order valence-electron chi connectivity index (χ3n) is 3.65. The summed E-state index contributed by atoms with van der Waals surface area (Å²) in [6, 6.07) is 7.49. The molecule has 2 heterocycles. The van der Waals surface area contributed by atoms with Gasteiger partial charge in [-0.1, -0.05) is 23.2 Å². The van der Waals surface area contributed by atoms with Gasteiger partial charge < -0.3 is 5.32 Å². The highest BCUT2D eigenvalue weighted by molar-refractivity contribution is 6.35. The Morgan fingerprint density at radius 1 is 1.04 bits per heavy atom. The molecule has 0 atom stereocenters. The lowest BCUT2D eigenvalue weighted by atomic mass is 10.2. The summed E-state index contributed by atoms with van der Waals surface area (Å²) in [4.78, 5) is 40.7. The summed E-state index contributed by atoms with van der Waals surface area (Å²) in [6.07, 6.45) is 0. The number of aromatic nitrogens is 3. The number of hydrogen-bond acceptors (Lipinski definition) is 4. The molecule has 7 nitrogen and oxygen atoms in total. The topological polar surface area (TPSA) is 86.0 Å². The van der Waals surface area contributed by atoms with Crippen LogP contribution in [0.4, 0.5) is 5.69 Å². The van der Waals surface area contributed by atoms with Gasteiger partial charge in [0.15, 0.2) is 0 Å². The van der Waals surface area contributed by atoms with Crippen LogP contribution in [-0.2, 0) is 14.1 Å². The first kappa shape index (κ1) is 17.2. The van der Waals surface area contributed by atoms with Gasteiger partial charge in [0, 0.05) is 29.8 Å². The quantitative estimate of drug-likeness (QED) is 0.740. The largest absolute Gasteiger partial charge is 0.332 e. The minimum absolute atomic E-state index is 0.0480. The highest BCUT2D eigenvalue weighted by atomic mass is 35.5. The monoisotopic (exact) mass is 378 g/mol. The fourth-order valence-corrected chi connectivity index (χ4v) is 2.93. The minimum atomic E-state index is -0.524. The van der Waals surface area contributed by atoms with Crippen molar-refractivity contribution >= 4 is 45.8 Å². The molecular weight excluding hydrogens is 367 g/mol. The van der Waals surface area contributed by atoms with E-state index in [0.717, 1.165) is 4.57 Å². The number of nitrogens with one attached hydrogen (secondary N) is 1. The number of carbonyl (C=O) groups excluding carboxylic acids is 1. The van der Waals surface area contributed by atoms with E-state index in [2.05, 4.69) is 10.3 Å². The predicted octanol–water partition coefficient (Wildman–Crippen LogP) is 2.19. The number of fused-ring (bicyclic) bond motifs is 1. The summed E-state index contributed by atoms with van der Waals surface area (Å²) in [6.45, 7) is 0. The molecule has 0 aliphatic heterocycles. The molecule has 25 heavy (non-hydrogen) atoms. The number of aryl methyl sites for hydroxylation is 1. The number of carbonyl (C=O) groups is 1. The summed E-state index contributed by atoms with van der Waals surface area (Å²) in [5, 5.41) is 3.62. The molecule has 0 fully saturated rings. The summed E-state index contributed by atoms with van der Waals surface area (Å²) in [5.41, 5.74) is -0.414. The van der Waals surface area contributed by atoms with E-state index in [-0.39, 0.29) is 16.7 Å². The molecule has 3 aromatic rings. The van der Waals surface area contributed by atoms with E-state index >= 15 is 0 Å². The van der Waals surface area contributed by atoms with Gasteiger partial charge in [0.05, 0.1) is 5.39 Å². The number of pyridine rings is 1. The lowest BCUT2D eigenvalue weighted by Crippen LogP contribution is -2.37. The number of amides is 1. The number of nitrogens with zero attached hydrogens (tertiary/aromatic N) is 3. The standard InChI is InChI=1S/C16H12Cl2N4O3/c1-21-13-11(15(24)22(2)16(21)25)3-4-12(20-13)14(23)19-10-6-8(17)5-9(18)7-10/h3-7H,1-2H3,(H,19,23). The van der Waals surface area contributed by atoms with E-state index in [0.29, 0.717) is 15.7 Å². The molecule has 0 unspecified atom stereocenters. The Hall–Kier alpha value is -2.64. The Bertz CT molecular complexity index is 1110. The van der Waals surface area contributed by atoms with Crippen LogP contribution in [0.3, 0.4) is 0 Å². The second kappa shape index (κ2) is 6.34. The lowest BCUT2D eigenvalue weighted by molar-refractivity contribution is 0.102. The molecule has 0 aliphatic rings. The molecule has 1 N–H and O–H groups in total. The Kier molecular flexibility index (Phi) is 4.36. The van der Waals surface area contributed by atoms with Crippen molar-refractivity contribution in [3.05, 3.63) is 66.9 Å². The number of benzene rings is 1. The Morgan fingerprint density at radius 2 is 1.68 bits per heavy atom. The molecule has 128 valence electrons. The second-order valence-electron chi connectivity index (χ2n) is 5.39. The molecule has 1 amide bonds. The van der Waals surface area contributed by atoms with E-state index in [1.165, 1.54) is 42.9 Å². The maximum absolute atomic E-state index is 12.4.